The summed E-state index contributed by atoms with van der Waals surface area (Å²) in [7, 11) is 0. The Labute approximate surface area is 85.9 Å². The maximum absolute atomic E-state index is 11.4. The van der Waals surface area contributed by atoms with E-state index in [1.54, 1.807) is 0 Å². The number of amides is 1. The first-order valence-corrected chi connectivity index (χ1v) is 5.61. The Morgan fingerprint density at radius 3 is 2.79 bits per heavy atom. The fraction of sp³-hybridized carbons (Fsp3) is 0.909. The minimum Gasteiger partial charge on any atom is -0.393 e. The van der Waals surface area contributed by atoms with Crippen molar-refractivity contribution in [1.29, 1.82) is 0 Å². The summed E-state index contributed by atoms with van der Waals surface area (Å²) in [4.78, 5) is 11.4. The molecule has 0 spiro atoms. The third-order valence-corrected chi connectivity index (χ3v) is 3.22. The second-order valence-electron chi connectivity index (χ2n) is 4.31. The van der Waals surface area contributed by atoms with Gasteiger partial charge in [0.1, 0.15) is 0 Å². The van der Waals surface area contributed by atoms with Crippen molar-refractivity contribution in [3.05, 3.63) is 0 Å². The van der Waals surface area contributed by atoms with E-state index in [1.807, 2.05) is 13.8 Å². The van der Waals surface area contributed by atoms with Gasteiger partial charge in [0.2, 0.25) is 5.91 Å². The lowest BCUT2D eigenvalue weighted by Gasteiger charge is -2.16. The number of nitrogens with one attached hydrogen (secondary N) is 1. The average molecular weight is 199 g/mol. The Morgan fingerprint density at radius 1 is 1.57 bits per heavy atom. The van der Waals surface area contributed by atoms with Gasteiger partial charge in [0, 0.05) is 18.4 Å². The molecule has 0 radical (unpaired) electrons. The summed E-state index contributed by atoms with van der Waals surface area (Å²) in [5.74, 6) is 0.489. The highest BCUT2D eigenvalue weighted by molar-refractivity contribution is 5.78. The first kappa shape index (κ1) is 11.5. The molecule has 0 saturated heterocycles. The van der Waals surface area contributed by atoms with E-state index >= 15 is 0 Å². The van der Waals surface area contributed by atoms with Gasteiger partial charge >= 0.3 is 0 Å². The summed E-state index contributed by atoms with van der Waals surface area (Å²) in [5.41, 5.74) is 0. The van der Waals surface area contributed by atoms with Crippen molar-refractivity contribution in [2.45, 2.75) is 45.6 Å². The van der Waals surface area contributed by atoms with Crippen LogP contribution < -0.4 is 5.32 Å². The number of carbonyl (C=O) groups is 1. The largest absolute Gasteiger partial charge is 0.393 e. The third-order valence-electron chi connectivity index (χ3n) is 3.22. The van der Waals surface area contributed by atoms with E-state index in [2.05, 4.69) is 5.32 Å². The maximum Gasteiger partial charge on any atom is 0.222 e. The molecule has 0 aliphatic heterocycles. The van der Waals surface area contributed by atoms with Crippen molar-refractivity contribution >= 4 is 5.91 Å². The van der Waals surface area contributed by atoms with Gasteiger partial charge in [0.15, 0.2) is 0 Å². The van der Waals surface area contributed by atoms with Crippen LogP contribution in [0.5, 0.6) is 0 Å². The van der Waals surface area contributed by atoms with Crippen LogP contribution in [-0.4, -0.2) is 23.7 Å². The average Bonchev–Trinajstić information content (AvgIpc) is 2.59. The summed E-state index contributed by atoms with van der Waals surface area (Å²) in [6, 6.07) is 0. The van der Waals surface area contributed by atoms with Gasteiger partial charge in [0.05, 0.1) is 6.10 Å². The highest BCUT2D eigenvalue weighted by Gasteiger charge is 2.25. The van der Waals surface area contributed by atoms with Gasteiger partial charge < -0.3 is 10.4 Å². The van der Waals surface area contributed by atoms with Crippen LogP contribution in [-0.2, 0) is 4.79 Å². The monoisotopic (exact) mass is 199 g/mol. The first-order valence-electron chi connectivity index (χ1n) is 5.61. The molecule has 0 aromatic heterocycles. The molecule has 3 atom stereocenters. The van der Waals surface area contributed by atoms with Crippen molar-refractivity contribution < 1.29 is 9.90 Å². The van der Waals surface area contributed by atoms with E-state index in [0.717, 1.165) is 25.7 Å². The van der Waals surface area contributed by atoms with Gasteiger partial charge in [-0.1, -0.05) is 20.3 Å². The van der Waals surface area contributed by atoms with Crippen molar-refractivity contribution in [1.82, 2.24) is 5.32 Å². The molecule has 82 valence electrons. The molecule has 3 heteroatoms. The summed E-state index contributed by atoms with van der Waals surface area (Å²) >= 11 is 0. The topological polar surface area (TPSA) is 49.3 Å². The van der Waals surface area contributed by atoms with E-state index < -0.39 is 0 Å². The summed E-state index contributed by atoms with van der Waals surface area (Å²) in [6.45, 7) is 4.58. The first-order chi connectivity index (χ1) is 6.65. The van der Waals surface area contributed by atoms with Crippen molar-refractivity contribution in [3.63, 3.8) is 0 Å². The molecule has 1 fully saturated rings. The van der Waals surface area contributed by atoms with Crippen LogP contribution in [0.4, 0.5) is 0 Å². The lowest BCUT2D eigenvalue weighted by molar-refractivity contribution is -0.124. The molecule has 3 nitrogen and oxygen atoms in total. The molecule has 1 rings (SSSR count). The zero-order chi connectivity index (χ0) is 10.6. The summed E-state index contributed by atoms with van der Waals surface area (Å²) in [6.07, 6.45) is 3.70. The van der Waals surface area contributed by atoms with Crippen LogP contribution in [0.1, 0.15) is 39.5 Å². The maximum atomic E-state index is 11.4. The fourth-order valence-corrected chi connectivity index (χ4v) is 1.85. The Bertz CT molecular complexity index is 194. The molecule has 1 aliphatic carbocycles. The van der Waals surface area contributed by atoms with Crippen molar-refractivity contribution in [3.8, 4) is 0 Å². The highest BCUT2D eigenvalue weighted by Crippen LogP contribution is 2.24. The Hall–Kier alpha value is -0.570. The van der Waals surface area contributed by atoms with Crippen LogP contribution in [0.2, 0.25) is 0 Å². The van der Waals surface area contributed by atoms with Crippen LogP contribution in [0, 0.1) is 11.8 Å². The number of hydrogen-bond acceptors (Lipinski definition) is 2. The van der Waals surface area contributed by atoms with Gasteiger partial charge in [-0.15, -0.1) is 0 Å². The van der Waals surface area contributed by atoms with Crippen LogP contribution in [0.15, 0.2) is 0 Å². The Kier molecular flexibility index (Phi) is 4.39. The lowest BCUT2D eigenvalue weighted by atomic mass is 10.0. The number of hydrogen-bond donors (Lipinski definition) is 2. The van der Waals surface area contributed by atoms with E-state index in [4.69, 9.17) is 0 Å². The second kappa shape index (κ2) is 5.35. The van der Waals surface area contributed by atoms with Gasteiger partial charge in [-0.3, -0.25) is 4.79 Å². The molecule has 1 aliphatic rings. The highest BCUT2D eigenvalue weighted by atomic mass is 16.3. The number of rotatable bonds is 4. The predicted octanol–water partition coefficient (Wildman–Crippen LogP) is 1.31. The molecule has 0 aromatic rings. The normalized spacial score (nSPS) is 28.8. The van der Waals surface area contributed by atoms with Crippen LogP contribution in [0.3, 0.4) is 0 Å². The molecule has 3 unspecified atom stereocenters. The standard InChI is InChI=1S/C11H21NO2/c1-3-8(2)11(14)12-7-9-5-4-6-10(9)13/h8-10,13H,3-7H2,1-2H3,(H,12,14). The molecule has 14 heavy (non-hydrogen) atoms. The molecular weight excluding hydrogens is 178 g/mol. The van der Waals surface area contributed by atoms with Gasteiger partial charge in [0.25, 0.3) is 0 Å². The van der Waals surface area contributed by atoms with Crippen LogP contribution >= 0.6 is 0 Å². The Morgan fingerprint density at radius 2 is 2.29 bits per heavy atom. The lowest BCUT2D eigenvalue weighted by Crippen LogP contribution is -2.35. The third kappa shape index (κ3) is 2.98. The fourth-order valence-electron chi connectivity index (χ4n) is 1.85. The zero-order valence-electron chi connectivity index (χ0n) is 9.12. The predicted molar refractivity (Wildman–Crippen MR) is 55.8 cm³/mol. The van der Waals surface area contributed by atoms with Crippen molar-refractivity contribution in [2.75, 3.05) is 6.54 Å². The molecular formula is C11H21NO2. The minimum atomic E-state index is -0.202. The molecule has 1 amide bonds. The molecule has 2 N–H and O–H groups in total. The number of aliphatic hydroxyl groups excluding tert-OH is 1. The number of carbonyl (C=O) groups excluding carboxylic acids is 1. The van der Waals surface area contributed by atoms with E-state index in [-0.39, 0.29) is 23.8 Å². The van der Waals surface area contributed by atoms with Crippen LogP contribution in [0.25, 0.3) is 0 Å². The molecule has 0 bridgehead atoms. The van der Waals surface area contributed by atoms with E-state index in [0.29, 0.717) is 6.54 Å². The number of aliphatic hydroxyl groups is 1. The minimum absolute atomic E-state index is 0.0912. The van der Waals surface area contributed by atoms with Crippen molar-refractivity contribution in [2.24, 2.45) is 11.8 Å². The molecule has 0 heterocycles. The smallest absolute Gasteiger partial charge is 0.222 e. The second-order valence-corrected chi connectivity index (χ2v) is 4.31. The quantitative estimate of drug-likeness (QED) is 0.717. The van der Waals surface area contributed by atoms with Gasteiger partial charge in [-0.05, 0) is 19.3 Å². The molecule has 0 aromatic carbocycles. The van der Waals surface area contributed by atoms with E-state index in [1.165, 1.54) is 0 Å². The Balaban J connectivity index is 2.22. The SMILES string of the molecule is CCC(C)C(=O)NCC1CCCC1O. The van der Waals surface area contributed by atoms with E-state index in [9.17, 15) is 9.90 Å². The van der Waals surface area contributed by atoms with Gasteiger partial charge in [-0.2, -0.15) is 0 Å². The van der Waals surface area contributed by atoms with Gasteiger partial charge in [-0.25, -0.2) is 0 Å². The zero-order valence-corrected chi connectivity index (χ0v) is 9.12. The summed E-state index contributed by atoms with van der Waals surface area (Å²) in [5, 5.41) is 12.5. The summed E-state index contributed by atoms with van der Waals surface area (Å²) < 4.78 is 0. The molecule has 1 saturated carbocycles.